The van der Waals surface area contributed by atoms with Crippen LogP contribution in [0.2, 0.25) is 10.4 Å². The Morgan fingerprint density at radius 1 is 1.44 bits per heavy atom. The van der Waals surface area contributed by atoms with Crippen LogP contribution in [0, 0.1) is 0 Å². The normalized spacial score (nSPS) is 10.3. The first-order chi connectivity index (χ1) is 8.56. The van der Waals surface area contributed by atoms with Gasteiger partial charge in [0, 0.05) is 0 Å². The number of carbonyl (C=O) groups is 1. The lowest BCUT2D eigenvalue weighted by Gasteiger charge is -2.05. The molecule has 2 heterocycles. The molecule has 0 unspecified atom stereocenters. The van der Waals surface area contributed by atoms with E-state index in [0.29, 0.717) is 17.9 Å². The summed E-state index contributed by atoms with van der Waals surface area (Å²) in [5, 5.41) is 13.9. The second-order valence-corrected chi connectivity index (χ2v) is 4.91. The highest BCUT2D eigenvalue weighted by Crippen LogP contribution is 2.22. The van der Waals surface area contributed by atoms with E-state index in [1.54, 1.807) is 17.5 Å². The number of carboxylic acid groups (broad SMARTS) is 1. The van der Waals surface area contributed by atoms with Crippen LogP contribution >= 0.6 is 34.5 Å². The summed E-state index contributed by atoms with van der Waals surface area (Å²) in [6, 6.07) is 3.26. The first kappa shape index (κ1) is 13.1. The molecular weight excluding hydrogens is 297 g/mol. The minimum Gasteiger partial charge on any atom is -0.477 e. The van der Waals surface area contributed by atoms with Gasteiger partial charge in [0.1, 0.15) is 10.0 Å². The summed E-state index contributed by atoms with van der Waals surface area (Å²) in [6.45, 7) is 0.318. The smallest absolute Gasteiger partial charge is 0.348 e. The maximum Gasteiger partial charge on any atom is 0.348 e. The predicted octanol–water partition coefficient (Wildman–Crippen LogP) is 3.16. The molecule has 0 radical (unpaired) electrons. The van der Waals surface area contributed by atoms with Crippen LogP contribution in [0.4, 0.5) is 5.69 Å². The van der Waals surface area contributed by atoms with E-state index in [0.717, 1.165) is 11.3 Å². The van der Waals surface area contributed by atoms with Crippen molar-refractivity contribution in [3.05, 3.63) is 38.5 Å². The molecular formula is C10H7Cl2N3O2S. The monoisotopic (exact) mass is 303 g/mol. The van der Waals surface area contributed by atoms with Gasteiger partial charge >= 0.3 is 5.97 Å². The van der Waals surface area contributed by atoms with Crippen LogP contribution in [0.1, 0.15) is 15.4 Å². The summed E-state index contributed by atoms with van der Waals surface area (Å²) in [6.07, 6.45) is 0. The highest BCUT2D eigenvalue weighted by molar-refractivity contribution is 7.12. The number of hydrogen-bond donors (Lipinski definition) is 2. The summed E-state index contributed by atoms with van der Waals surface area (Å²) >= 11 is 12.6. The van der Waals surface area contributed by atoms with Crippen molar-refractivity contribution in [1.82, 2.24) is 9.97 Å². The van der Waals surface area contributed by atoms with Crippen molar-refractivity contribution in [2.75, 3.05) is 5.32 Å². The molecule has 2 aromatic heterocycles. The van der Waals surface area contributed by atoms with Crippen molar-refractivity contribution in [3.63, 3.8) is 0 Å². The molecule has 0 aliphatic carbocycles. The molecule has 0 spiro atoms. The Kier molecular flexibility index (Phi) is 4.00. The maximum atomic E-state index is 10.9. The summed E-state index contributed by atoms with van der Waals surface area (Å²) in [4.78, 5) is 18.9. The maximum absolute atomic E-state index is 10.9. The van der Waals surface area contributed by atoms with Crippen LogP contribution in [-0.2, 0) is 6.54 Å². The third kappa shape index (κ3) is 3.10. The molecule has 2 rings (SSSR count). The molecule has 0 aliphatic rings. The van der Waals surface area contributed by atoms with Gasteiger partial charge in [-0.3, -0.25) is 0 Å². The fraction of sp³-hybridized carbons (Fsp3) is 0.100. The van der Waals surface area contributed by atoms with Gasteiger partial charge in [0.05, 0.1) is 17.9 Å². The number of aromatic nitrogens is 2. The quantitative estimate of drug-likeness (QED) is 0.670. The number of halogens is 2. The highest BCUT2D eigenvalue weighted by atomic mass is 35.5. The Balaban J connectivity index is 2.11. The van der Waals surface area contributed by atoms with Gasteiger partial charge in [-0.05, 0) is 29.1 Å². The second-order valence-electron chi connectivity index (χ2n) is 3.27. The molecule has 0 saturated carbocycles. The van der Waals surface area contributed by atoms with Gasteiger partial charge in [-0.1, -0.05) is 11.6 Å². The van der Waals surface area contributed by atoms with Crippen LogP contribution in [-0.4, -0.2) is 21.0 Å². The van der Waals surface area contributed by atoms with E-state index in [2.05, 4.69) is 15.3 Å². The zero-order chi connectivity index (χ0) is 13.1. The molecule has 0 atom stereocenters. The first-order valence-corrected chi connectivity index (χ1v) is 6.43. The lowest BCUT2D eigenvalue weighted by atomic mass is 10.3. The van der Waals surface area contributed by atoms with Gasteiger partial charge < -0.3 is 10.4 Å². The Labute approximate surface area is 116 Å². The largest absolute Gasteiger partial charge is 0.477 e. The number of anilines is 1. The molecule has 0 bridgehead atoms. The van der Waals surface area contributed by atoms with Gasteiger partial charge in [-0.15, -0.1) is 11.3 Å². The van der Waals surface area contributed by atoms with Gasteiger partial charge in [0.25, 0.3) is 0 Å². The number of aromatic carboxylic acids is 1. The van der Waals surface area contributed by atoms with Crippen LogP contribution in [0.5, 0.6) is 0 Å². The first-order valence-electron chi connectivity index (χ1n) is 4.80. The molecule has 18 heavy (non-hydrogen) atoms. The van der Waals surface area contributed by atoms with Gasteiger partial charge in [-0.25, -0.2) is 14.8 Å². The minimum atomic E-state index is -0.966. The molecule has 5 nitrogen and oxygen atoms in total. The zero-order valence-corrected chi connectivity index (χ0v) is 11.2. The lowest BCUT2D eigenvalue weighted by molar-refractivity contribution is 0.0703. The predicted molar refractivity (Wildman–Crippen MR) is 70.7 cm³/mol. The van der Waals surface area contributed by atoms with Crippen LogP contribution in [0.15, 0.2) is 17.5 Å². The van der Waals surface area contributed by atoms with Crippen LogP contribution in [0.3, 0.4) is 0 Å². The van der Waals surface area contributed by atoms with E-state index >= 15 is 0 Å². The number of thiophene rings is 1. The van der Waals surface area contributed by atoms with E-state index in [4.69, 9.17) is 28.3 Å². The van der Waals surface area contributed by atoms with E-state index in [1.165, 1.54) is 0 Å². The van der Waals surface area contributed by atoms with Gasteiger partial charge in [-0.2, -0.15) is 0 Å². The SMILES string of the molecule is O=C(O)c1sccc1NCc1cc(Cl)nc(Cl)n1. The van der Waals surface area contributed by atoms with Crippen LogP contribution in [0.25, 0.3) is 0 Å². The Morgan fingerprint density at radius 2 is 2.22 bits per heavy atom. The van der Waals surface area contributed by atoms with Gasteiger partial charge in [0.15, 0.2) is 0 Å². The Hall–Kier alpha value is -1.37. The minimum absolute atomic E-state index is 0.0584. The van der Waals surface area contributed by atoms with Crippen molar-refractivity contribution in [2.24, 2.45) is 0 Å². The Morgan fingerprint density at radius 3 is 2.89 bits per heavy atom. The van der Waals surface area contributed by atoms with Crippen molar-refractivity contribution in [3.8, 4) is 0 Å². The lowest BCUT2D eigenvalue weighted by Crippen LogP contribution is -2.05. The number of nitrogens with zero attached hydrogens (tertiary/aromatic N) is 2. The number of hydrogen-bond acceptors (Lipinski definition) is 5. The zero-order valence-electron chi connectivity index (χ0n) is 8.85. The van der Waals surface area contributed by atoms with Crippen molar-refractivity contribution >= 4 is 46.2 Å². The third-order valence-electron chi connectivity index (χ3n) is 2.04. The van der Waals surface area contributed by atoms with E-state index in [-0.39, 0.29) is 15.3 Å². The number of rotatable bonds is 4. The second kappa shape index (κ2) is 5.51. The standard InChI is InChI=1S/C10H7Cl2N3O2S/c11-7-3-5(14-10(12)15-7)4-13-6-1-2-18-8(6)9(16)17/h1-3,13H,4H2,(H,16,17). The number of nitrogens with one attached hydrogen (secondary N) is 1. The van der Waals surface area contributed by atoms with Crippen molar-refractivity contribution < 1.29 is 9.90 Å². The fourth-order valence-corrected chi connectivity index (χ4v) is 2.48. The van der Waals surface area contributed by atoms with E-state index < -0.39 is 5.97 Å². The molecule has 0 amide bonds. The topological polar surface area (TPSA) is 75.1 Å². The van der Waals surface area contributed by atoms with Gasteiger partial charge in [0.2, 0.25) is 5.28 Å². The summed E-state index contributed by atoms with van der Waals surface area (Å²) in [5.74, 6) is -0.966. The number of carboxylic acids is 1. The molecule has 8 heteroatoms. The Bertz CT molecular complexity index is 568. The third-order valence-corrected chi connectivity index (χ3v) is 3.31. The average molecular weight is 304 g/mol. The molecule has 0 aromatic carbocycles. The van der Waals surface area contributed by atoms with E-state index in [1.807, 2.05) is 0 Å². The summed E-state index contributed by atoms with van der Waals surface area (Å²) in [5.41, 5.74) is 1.13. The molecule has 2 aromatic rings. The van der Waals surface area contributed by atoms with Crippen LogP contribution < -0.4 is 5.32 Å². The molecule has 94 valence electrons. The van der Waals surface area contributed by atoms with E-state index in [9.17, 15) is 4.79 Å². The summed E-state index contributed by atoms with van der Waals surface area (Å²) < 4.78 is 0. The molecule has 0 saturated heterocycles. The van der Waals surface area contributed by atoms with Crippen molar-refractivity contribution in [2.45, 2.75) is 6.54 Å². The fourth-order valence-electron chi connectivity index (χ4n) is 1.32. The average Bonchev–Trinajstić information content (AvgIpc) is 2.73. The molecule has 0 fully saturated rings. The highest BCUT2D eigenvalue weighted by Gasteiger charge is 2.11. The van der Waals surface area contributed by atoms with Crippen molar-refractivity contribution in [1.29, 1.82) is 0 Å². The molecule has 2 N–H and O–H groups in total. The molecule has 0 aliphatic heterocycles. The summed E-state index contributed by atoms with van der Waals surface area (Å²) in [7, 11) is 0.